The van der Waals surface area contributed by atoms with Crippen molar-refractivity contribution in [3.05, 3.63) is 23.9 Å². The molecule has 2 heterocycles. The minimum atomic E-state index is -0.152. The van der Waals surface area contributed by atoms with Gasteiger partial charge in [0.1, 0.15) is 11.5 Å². The second-order valence-corrected chi connectivity index (χ2v) is 5.27. The molecule has 3 N–H and O–H groups in total. The summed E-state index contributed by atoms with van der Waals surface area (Å²) in [5.74, 6) is 0.668. The third kappa shape index (κ3) is 4.98. The lowest BCUT2D eigenvalue weighted by atomic mass is 10.1. The van der Waals surface area contributed by atoms with Gasteiger partial charge in [0, 0.05) is 13.1 Å². The SMILES string of the molecule is CC(CNC(=O)c1cccc(N)n1)CN1CCCC1.Cl. The van der Waals surface area contributed by atoms with Crippen LogP contribution in [-0.4, -0.2) is 42.0 Å². The number of nitrogens with one attached hydrogen (secondary N) is 1. The molecule has 0 aromatic carbocycles. The zero-order chi connectivity index (χ0) is 13.7. The molecule has 0 aliphatic carbocycles. The first-order chi connectivity index (χ1) is 9.15. The van der Waals surface area contributed by atoms with Crippen LogP contribution in [0.2, 0.25) is 0 Å². The van der Waals surface area contributed by atoms with Gasteiger partial charge in [-0.1, -0.05) is 13.0 Å². The molecule has 1 aromatic heterocycles. The fourth-order valence-electron chi connectivity index (χ4n) is 2.41. The molecular formula is C14H23ClN4O. The first-order valence-electron chi connectivity index (χ1n) is 6.88. The highest BCUT2D eigenvalue weighted by Crippen LogP contribution is 2.09. The molecule has 1 aromatic rings. The summed E-state index contributed by atoms with van der Waals surface area (Å²) in [4.78, 5) is 18.4. The summed E-state index contributed by atoms with van der Waals surface area (Å²) >= 11 is 0. The number of anilines is 1. The number of nitrogen functional groups attached to an aromatic ring is 1. The summed E-state index contributed by atoms with van der Waals surface area (Å²) < 4.78 is 0. The van der Waals surface area contributed by atoms with E-state index in [1.807, 2.05) is 0 Å². The van der Waals surface area contributed by atoms with E-state index in [9.17, 15) is 4.79 Å². The zero-order valence-electron chi connectivity index (χ0n) is 11.8. The monoisotopic (exact) mass is 298 g/mol. The van der Waals surface area contributed by atoms with Gasteiger partial charge in [0.15, 0.2) is 0 Å². The van der Waals surface area contributed by atoms with E-state index in [0.29, 0.717) is 24.0 Å². The van der Waals surface area contributed by atoms with E-state index in [4.69, 9.17) is 5.73 Å². The van der Waals surface area contributed by atoms with Gasteiger partial charge in [-0.3, -0.25) is 4.79 Å². The van der Waals surface area contributed by atoms with Crippen LogP contribution in [0.1, 0.15) is 30.3 Å². The van der Waals surface area contributed by atoms with E-state index >= 15 is 0 Å². The lowest BCUT2D eigenvalue weighted by molar-refractivity contribution is 0.0940. The molecule has 112 valence electrons. The molecule has 1 aliphatic rings. The molecule has 0 spiro atoms. The molecule has 1 fully saturated rings. The summed E-state index contributed by atoms with van der Waals surface area (Å²) in [6.07, 6.45) is 2.60. The molecule has 0 bridgehead atoms. The molecular weight excluding hydrogens is 276 g/mol. The van der Waals surface area contributed by atoms with Crippen molar-refractivity contribution in [2.45, 2.75) is 19.8 Å². The first-order valence-corrected chi connectivity index (χ1v) is 6.88. The van der Waals surface area contributed by atoms with Crippen molar-refractivity contribution in [2.75, 3.05) is 31.9 Å². The summed E-state index contributed by atoms with van der Waals surface area (Å²) in [7, 11) is 0. The van der Waals surface area contributed by atoms with Crippen molar-refractivity contribution in [2.24, 2.45) is 5.92 Å². The maximum absolute atomic E-state index is 11.9. The highest BCUT2D eigenvalue weighted by Gasteiger charge is 2.15. The van der Waals surface area contributed by atoms with Crippen molar-refractivity contribution in [1.82, 2.24) is 15.2 Å². The van der Waals surface area contributed by atoms with Gasteiger partial charge in [-0.05, 0) is 44.0 Å². The van der Waals surface area contributed by atoms with Crippen molar-refractivity contribution in [3.8, 4) is 0 Å². The average Bonchev–Trinajstić information content (AvgIpc) is 2.88. The van der Waals surface area contributed by atoms with E-state index in [0.717, 1.165) is 6.54 Å². The van der Waals surface area contributed by atoms with Crippen LogP contribution in [0.15, 0.2) is 18.2 Å². The van der Waals surface area contributed by atoms with Crippen molar-refractivity contribution >= 4 is 24.1 Å². The van der Waals surface area contributed by atoms with E-state index in [1.54, 1.807) is 18.2 Å². The van der Waals surface area contributed by atoms with Crippen molar-refractivity contribution < 1.29 is 4.79 Å². The number of amides is 1. The molecule has 1 aliphatic heterocycles. The fraction of sp³-hybridized carbons (Fsp3) is 0.571. The van der Waals surface area contributed by atoms with Crippen LogP contribution < -0.4 is 11.1 Å². The molecule has 0 saturated carbocycles. The molecule has 2 rings (SSSR count). The number of likely N-dealkylation sites (tertiary alicyclic amines) is 1. The minimum absolute atomic E-state index is 0. The molecule has 1 atom stereocenters. The van der Waals surface area contributed by atoms with Crippen LogP contribution >= 0.6 is 12.4 Å². The van der Waals surface area contributed by atoms with E-state index in [1.165, 1.54) is 25.9 Å². The average molecular weight is 299 g/mol. The summed E-state index contributed by atoms with van der Waals surface area (Å²) in [6.45, 7) is 6.26. The summed E-state index contributed by atoms with van der Waals surface area (Å²) in [5.41, 5.74) is 5.95. The molecule has 1 saturated heterocycles. The van der Waals surface area contributed by atoms with Gasteiger partial charge in [0.2, 0.25) is 0 Å². The van der Waals surface area contributed by atoms with Crippen LogP contribution in [-0.2, 0) is 0 Å². The smallest absolute Gasteiger partial charge is 0.269 e. The Kier molecular flexibility index (Phi) is 6.75. The number of rotatable bonds is 5. The predicted molar refractivity (Wildman–Crippen MR) is 83.1 cm³/mol. The Balaban J connectivity index is 0.00000200. The second-order valence-electron chi connectivity index (χ2n) is 5.27. The number of nitrogens with two attached hydrogens (primary N) is 1. The van der Waals surface area contributed by atoms with E-state index in [-0.39, 0.29) is 18.3 Å². The number of carbonyl (C=O) groups is 1. The fourth-order valence-corrected chi connectivity index (χ4v) is 2.41. The lowest BCUT2D eigenvalue weighted by Gasteiger charge is -2.20. The number of hydrogen-bond acceptors (Lipinski definition) is 4. The zero-order valence-corrected chi connectivity index (χ0v) is 12.7. The standard InChI is InChI=1S/C14H22N4O.ClH/c1-11(10-18-7-2-3-8-18)9-16-14(19)12-5-4-6-13(15)17-12;/h4-6,11H,2-3,7-10H2,1H3,(H2,15,17)(H,16,19);1H. The number of halogens is 1. The van der Waals surface area contributed by atoms with E-state index < -0.39 is 0 Å². The Morgan fingerprint density at radius 2 is 2.15 bits per heavy atom. The molecule has 5 nitrogen and oxygen atoms in total. The Labute approximate surface area is 126 Å². The molecule has 6 heteroatoms. The van der Waals surface area contributed by atoms with Gasteiger partial charge in [-0.15, -0.1) is 12.4 Å². The topological polar surface area (TPSA) is 71.2 Å². The Hall–Kier alpha value is -1.33. The van der Waals surface area contributed by atoms with Crippen LogP contribution in [0.5, 0.6) is 0 Å². The summed E-state index contributed by atoms with van der Waals surface area (Å²) in [5, 5.41) is 2.92. The lowest BCUT2D eigenvalue weighted by Crippen LogP contribution is -2.34. The van der Waals surface area contributed by atoms with Crippen molar-refractivity contribution in [1.29, 1.82) is 0 Å². The van der Waals surface area contributed by atoms with Gasteiger partial charge in [0.05, 0.1) is 0 Å². The molecule has 1 unspecified atom stereocenters. The Morgan fingerprint density at radius 3 is 2.80 bits per heavy atom. The number of nitrogens with zero attached hydrogens (tertiary/aromatic N) is 2. The first kappa shape index (κ1) is 16.7. The van der Waals surface area contributed by atoms with Gasteiger partial charge in [0.25, 0.3) is 5.91 Å². The van der Waals surface area contributed by atoms with Gasteiger partial charge in [-0.25, -0.2) is 4.98 Å². The number of aromatic nitrogens is 1. The number of carbonyl (C=O) groups excluding carboxylic acids is 1. The summed E-state index contributed by atoms with van der Waals surface area (Å²) in [6, 6.07) is 5.09. The Morgan fingerprint density at radius 1 is 1.45 bits per heavy atom. The maximum Gasteiger partial charge on any atom is 0.269 e. The van der Waals surface area contributed by atoms with Crippen LogP contribution in [0.25, 0.3) is 0 Å². The maximum atomic E-state index is 11.9. The third-order valence-corrected chi connectivity index (χ3v) is 3.38. The predicted octanol–water partition coefficient (Wildman–Crippen LogP) is 1.55. The van der Waals surface area contributed by atoms with Crippen molar-refractivity contribution in [3.63, 3.8) is 0 Å². The molecule has 0 radical (unpaired) electrons. The van der Waals surface area contributed by atoms with Gasteiger partial charge >= 0.3 is 0 Å². The van der Waals surface area contributed by atoms with Crippen LogP contribution in [0.4, 0.5) is 5.82 Å². The molecule has 20 heavy (non-hydrogen) atoms. The quantitative estimate of drug-likeness (QED) is 0.865. The van der Waals surface area contributed by atoms with E-state index in [2.05, 4.69) is 22.1 Å². The minimum Gasteiger partial charge on any atom is -0.384 e. The Bertz CT molecular complexity index is 435. The second kappa shape index (κ2) is 8.07. The van der Waals surface area contributed by atoms with Gasteiger partial charge in [-0.2, -0.15) is 0 Å². The largest absolute Gasteiger partial charge is 0.384 e. The normalized spacial score (nSPS) is 16.4. The van der Waals surface area contributed by atoms with Crippen LogP contribution in [0, 0.1) is 5.92 Å². The number of hydrogen-bond donors (Lipinski definition) is 2. The highest BCUT2D eigenvalue weighted by molar-refractivity contribution is 5.92. The number of pyridine rings is 1. The van der Waals surface area contributed by atoms with Gasteiger partial charge < -0.3 is 16.0 Å². The third-order valence-electron chi connectivity index (χ3n) is 3.38. The molecule has 1 amide bonds. The highest BCUT2D eigenvalue weighted by atomic mass is 35.5. The van der Waals surface area contributed by atoms with Crippen LogP contribution in [0.3, 0.4) is 0 Å².